The van der Waals surface area contributed by atoms with Gasteiger partial charge in [-0.3, -0.25) is 0 Å². The molecular formula is C15H12FN3O4S. The lowest BCUT2D eigenvalue weighted by Gasteiger charge is -2.00. The first-order valence-electron chi connectivity index (χ1n) is 7.23. The summed E-state index contributed by atoms with van der Waals surface area (Å²) in [6.07, 6.45) is 1.65. The van der Waals surface area contributed by atoms with E-state index in [1.165, 1.54) is 30.3 Å². The van der Waals surface area contributed by atoms with Gasteiger partial charge in [-0.25, -0.2) is 17.5 Å². The quantitative estimate of drug-likeness (QED) is 0.760. The second kappa shape index (κ2) is 5.53. The fourth-order valence-corrected chi connectivity index (χ4v) is 3.36. The SMILES string of the molecule is O=S(=O)(NC1CC1)c1ccc(-c2nc(-c3cccc(F)c3)no2)o1. The highest BCUT2D eigenvalue weighted by Crippen LogP contribution is 2.27. The maximum atomic E-state index is 13.2. The second-order valence-corrected chi connectivity index (χ2v) is 7.09. The Morgan fingerprint density at radius 1 is 1.21 bits per heavy atom. The number of sulfonamides is 1. The van der Waals surface area contributed by atoms with E-state index in [1.807, 2.05) is 0 Å². The molecule has 0 radical (unpaired) electrons. The van der Waals surface area contributed by atoms with Crippen LogP contribution in [0.25, 0.3) is 23.0 Å². The maximum absolute atomic E-state index is 13.2. The Balaban J connectivity index is 1.61. The van der Waals surface area contributed by atoms with Gasteiger partial charge < -0.3 is 8.94 Å². The highest BCUT2D eigenvalue weighted by molar-refractivity contribution is 7.89. The molecule has 0 aliphatic heterocycles. The fourth-order valence-electron chi connectivity index (χ4n) is 2.13. The molecule has 0 spiro atoms. The highest BCUT2D eigenvalue weighted by Gasteiger charge is 2.30. The summed E-state index contributed by atoms with van der Waals surface area (Å²) in [5.41, 5.74) is 0.444. The molecule has 1 saturated carbocycles. The Bertz CT molecular complexity index is 992. The van der Waals surface area contributed by atoms with Crippen molar-refractivity contribution in [2.24, 2.45) is 0 Å². The van der Waals surface area contributed by atoms with Gasteiger partial charge in [-0.05, 0) is 37.1 Å². The minimum Gasteiger partial charge on any atom is -0.438 e. The van der Waals surface area contributed by atoms with Gasteiger partial charge in [0.05, 0.1) is 0 Å². The van der Waals surface area contributed by atoms with E-state index in [0.29, 0.717) is 5.56 Å². The van der Waals surface area contributed by atoms with Crippen molar-refractivity contribution in [3.05, 3.63) is 42.2 Å². The molecule has 3 aromatic rings. The summed E-state index contributed by atoms with van der Waals surface area (Å²) < 4.78 is 50.3. The molecule has 4 rings (SSSR count). The average molecular weight is 349 g/mol. The van der Waals surface area contributed by atoms with Gasteiger partial charge in [0.1, 0.15) is 5.82 Å². The first-order chi connectivity index (χ1) is 11.5. The van der Waals surface area contributed by atoms with Gasteiger partial charge in [0.2, 0.25) is 10.9 Å². The molecular weight excluding hydrogens is 337 g/mol. The number of furan rings is 1. The third kappa shape index (κ3) is 2.95. The van der Waals surface area contributed by atoms with Gasteiger partial charge in [-0.1, -0.05) is 17.3 Å². The highest BCUT2D eigenvalue weighted by atomic mass is 32.2. The summed E-state index contributed by atoms with van der Waals surface area (Å²) in [7, 11) is -3.69. The molecule has 0 atom stereocenters. The van der Waals surface area contributed by atoms with Gasteiger partial charge in [0.25, 0.3) is 15.9 Å². The lowest BCUT2D eigenvalue weighted by molar-refractivity contribution is 0.398. The summed E-state index contributed by atoms with van der Waals surface area (Å²) in [6.45, 7) is 0. The smallest absolute Gasteiger partial charge is 0.293 e. The number of halogens is 1. The number of nitrogens with zero attached hydrogens (tertiary/aromatic N) is 2. The minimum absolute atomic E-state index is 0.0159. The molecule has 1 aromatic carbocycles. The van der Waals surface area contributed by atoms with Gasteiger partial charge in [-0.15, -0.1) is 0 Å². The van der Waals surface area contributed by atoms with E-state index in [-0.39, 0.29) is 28.6 Å². The van der Waals surface area contributed by atoms with E-state index in [0.717, 1.165) is 12.8 Å². The van der Waals surface area contributed by atoms with Crippen molar-refractivity contribution < 1.29 is 21.7 Å². The lowest BCUT2D eigenvalue weighted by Crippen LogP contribution is -2.25. The van der Waals surface area contributed by atoms with Crippen LogP contribution in [0, 0.1) is 5.82 Å². The minimum atomic E-state index is -3.69. The molecule has 24 heavy (non-hydrogen) atoms. The van der Waals surface area contributed by atoms with Crippen LogP contribution in [0.5, 0.6) is 0 Å². The van der Waals surface area contributed by atoms with E-state index in [2.05, 4.69) is 14.9 Å². The molecule has 9 heteroatoms. The molecule has 1 aliphatic carbocycles. The van der Waals surface area contributed by atoms with Crippen molar-refractivity contribution in [3.63, 3.8) is 0 Å². The van der Waals surface area contributed by atoms with E-state index in [4.69, 9.17) is 8.94 Å². The van der Waals surface area contributed by atoms with Crippen molar-refractivity contribution in [2.75, 3.05) is 0 Å². The Kier molecular flexibility index (Phi) is 3.47. The van der Waals surface area contributed by atoms with Crippen LogP contribution in [-0.4, -0.2) is 24.6 Å². The zero-order chi connectivity index (χ0) is 16.7. The second-order valence-electron chi connectivity index (χ2n) is 5.45. The van der Waals surface area contributed by atoms with Gasteiger partial charge >= 0.3 is 0 Å². The van der Waals surface area contributed by atoms with Crippen LogP contribution in [0.15, 0.2) is 50.4 Å². The van der Waals surface area contributed by atoms with E-state index >= 15 is 0 Å². The van der Waals surface area contributed by atoms with E-state index < -0.39 is 15.8 Å². The van der Waals surface area contributed by atoms with Crippen LogP contribution in [0.1, 0.15) is 12.8 Å². The van der Waals surface area contributed by atoms with E-state index in [1.54, 1.807) is 6.07 Å². The Morgan fingerprint density at radius 3 is 2.79 bits per heavy atom. The number of hydrogen-bond acceptors (Lipinski definition) is 6. The molecule has 2 aromatic heterocycles. The van der Waals surface area contributed by atoms with Crippen LogP contribution in [0.4, 0.5) is 4.39 Å². The van der Waals surface area contributed by atoms with E-state index in [9.17, 15) is 12.8 Å². The fraction of sp³-hybridized carbons (Fsp3) is 0.200. The van der Waals surface area contributed by atoms with Crippen molar-refractivity contribution in [3.8, 4) is 23.0 Å². The Hall–Kier alpha value is -2.52. The average Bonchev–Trinajstić information content (AvgIpc) is 3.06. The number of hydrogen-bond donors (Lipinski definition) is 1. The molecule has 1 fully saturated rings. The molecule has 0 saturated heterocycles. The lowest BCUT2D eigenvalue weighted by atomic mass is 10.2. The molecule has 0 amide bonds. The Labute approximate surface area is 136 Å². The Morgan fingerprint density at radius 2 is 2.04 bits per heavy atom. The predicted octanol–water partition coefficient (Wildman–Crippen LogP) is 2.58. The summed E-state index contributed by atoms with van der Waals surface area (Å²) in [5, 5.41) is 3.54. The standard InChI is InChI=1S/C15H12FN3O4S/c16-10-3-1-2-9(8-10)14-17-15(23-18-14)12-6-7-13(22-12)24(20,21)19-11-4-5-11/h1-3,6-8,11,19H,4-5H2. The van der Waals surface area contributed by atoms with Crippen LogP contribution in [0.3, 0.4) is 0 Å². The van der Waals surface area contributed by atoms with Crippen LogP contribution in [-0.2, 0) is 10.0 Å². The summed E-state index contributed by atoms with van der Waals surface area (Å²) >= 11 is 0. The first-order valence-corrected chi connectivity index (χ1v) is 8.72. The zero-order valence-corrected chi connectivity index (χ0v) is 13.1. The van der Waals surface area contributed by atoms with Crippen LogP contribution < -0.4 is 4.72 Å². The van der Waals surface area contributed by atoms with Crippen molar-refractivity contribution in [1.82, 2.24) is 14.9 Å². The number of benzene rings is 1. The van der Waals surface area contributed by atoms with Gasteiger partial charge in [-0.2, -0.15) is 4.98 Å². The van der Waals surface area contributed by atoms with Gasteiger partial charge in [0.15, 0.2) is 5.76 Å². The topological polar surface area (TPSA) is 98.2 Å². The van der Waals surface area contributed by atoms with Crippen molar-refractivity contribution in [2.45, 2.75) is 24.0 Å². The number of aromatic nitrogens is 2. The molecule has 7 nitrogen and oxygen atoms in total. The molecule has 124 valence electrons. The summed E-state index contributed by atoms with van der Waals surface area (Å²) in [6, 6.07) is 8.48. The molecule has 0 unspecified atom stereocenters. The third-order valence-electron chi connectivity index (χ3n) is 3.46. The summed E-state index contributed by atoms with van der Waals surface area (Å²) in [4.78, 5) is 4.11. The van der Waals surface area contributed by atoms with Crippen molar-refractivity contribution >= 4 is 10.0 Å². The molecule has 2 heterocycles. The molecule has 1 N–H and O–H groups in total. The number of nitrogens with one attached hydrogen (secondary N) is 1. The zero-order valence-electron chi connectivity index (χ0n) is 12.3. The third-order valence-corrected chi connectivity index (χ3v) is 4.86. The number of rotatable bonds is 5. The maximum Gasteiger partial charge on any atom is 0.293 e. The monoisotopic (exact) mass is 349 g/mol. The van der Waals surface area contributed by atoms with Crippen LogP contribution in [0.2, 0.25) is 0 Å². The largest absolute Gasteiger partial charge is 0.438 e. The normalized spacial score (nSPS) is 14.9. The summed E-state index contributed by atoms with van der Waals surface area (Å²) in [5.74, 6) is -0.0961. The molecule has 1 aliphatic rings. The predicted molar refractivity (Wildman–Crippen MR) is 80.7 cm³/mol. The van der Waals surface area contributed by atoms with Gasteiger partial charge in [0, 0.05) is 11.6 Å². The van der Waals surface area contributed by atoms with Crippen molar-refractivity contribution in [1.29, 1.82) is 0 Å². The molecule has 0 bridgehead atoms. The van der Waals surface area contributed by atoms with Crippen LogP contribution >= 0.6 is 0 Å². The first kappa shape index (κ1) is 15.0.